The molecule has 1 aliphatic rings. The smallest absolute Gasteiger partial charge is 0.362 e. The van der Waals surface area contributed by atoms with E-state index in [9.17, 15) is 19.3 Å². The molecule has 1 aromatic carbocycles. The van der Waals surface area contributed by atoms with Crippen LogP contribution in [0.1, 0.15) is 16.1 Å². The Balaban J connectivity index is 1.64. The first-order valence-electron chi connectivity index (χ1n) is 8.02. The number of nitrogens with zero attached hydrogens (tertiary/aromatic N) is 4. The number of carbonyl (C=O) groups is 1. The Hall–Kier alpha value is -3.01. The molecule has 10 heteroatoms. The van der Waals surface area contributed by atoms with Crippen LogP contribution in [0.15, 0.2) is 24.3 Å². The van der Waals surface area contributed by atoms with Gasteiger partial charge in [0.25, 0.3) is 5.91 Å². The Kier molecular flexibility index (Phi) is 5.12. The molecule has 9 nitrogen and oxygen atoms in total. The molecule has 1 amide bonds. The summed E-state index contributed by atoms with van der Waals surface area (Å²) in [7, 11) is 1.25. The monoisotopic (exact) mass is 363 g/mol. The van der Waals surface area contributed by atoms with Crippen molar-refractivity contribution in [2.45, 2.75) is 6.54 Å². The van der Waals surface area contributed by atoms with Gasteiger partial charge in [-0.25, -0.2) is 4.39 Å². The summed E-state index contributed by atoms with van der Waals surface area (Å²) in [6.45, 7) is 2.57. The fourth-order valence-electron chi connectivity index (χ4n) is 2.94. The van der Waals surface area contributed by atoms with Crippen LogP contribution in [0, 0.1) is 15.9 Å². The molecule has 2 aromatic rings. The first kappa shape index (κ1) is 17.8. The molecule has 1 aromatic heterocycles. The highest BCUT2D eigenvalue weighted by molar-refractivity contribution is 5.97. The van der Waals surface area contributed by atoms with Crippen molar-refractivity contribution < 1.29 is 18.8 Å². The second kappa shape index (κ2) is 7.48. The molecule has 0 saturated carbocycles. The highest BCUT2D eigenvalue weighted by Gasteiger charge is 2.33. The van der Waals surface area contributed by atoms with Gasteiger partial charge in [-0.05, 0) is 17.7 Å². The van der Waals surface area contributed by atoms with Crippen LogP contribution in [0.2, 0.25) is 0 Å². The van der Waals surface area contributed by atoms with E-state index in [1.807, 2.05) is 6.07 Å². The predicted molar refractivity (Wildman–Crippen MR) is 89.4 cm³/mol. The Morgan fingerprint density at radius 2 is 2.12 bits per heavy atom. The summed E-state index contributed by atoms with van der Waals surface area (Å²) >= 11 is 0. The number of hydrogen-bond acceptors (Lipinski definition) is 6. The molecular weight excluding hydrogens is 345 g/mol. The number of rotatable bonds is 5. The maximum atomic E-state index is 13.3. The number of aromatic nitrogens is 2. The van der Waals surface area contributed by atoms with Crippen molar-refractivity contribution in [3.63, 3.8) is 0 Å². The van der Waals surface area contributed by atoms with E-state index < -0.39 is 16.5 Å². The summed E-state index contributed by atoms with van der Waals surface area (Å²) < 4.78 is 18.1. The van der Waals surface area contributed by atoms with Crippen LogP contribution in [0.5, 0.6) is 5.88 Å². The molecule has 0 aliphatic carbocycles. The van der Waals surface area contributed by atoms with Crippen LogP contribution < -0.4 is 4.74 Å². The molecule has 1 aliphatic heterocycles. The lowest BCUT2D eigenvalue weighted by molar-refractivity contribution is -0.386. The molecule has 2 heterocycles. The average molecular weight is 363 g/mol. The molecule has 0 spiro atoms. The second-order valence-electron chi connectivity index (χ2n) is 5.91. The number of amides is 1. The fraction of sp³-hybridized carbons (Fsp3) is 0.375. The zero-order valence-electron chi connectivity index (χ0n) is 14.1. The van der Waals surface area contributed by atoms with Crippen molar-refractivity contribution in [3.8, 4) is 5.88 Å². The zero-order valence-corrected chi connectivity index (χ0v) is 14.1. The van der Waals surface area contributed by atoms with E-state index >= 15 is 0 Å². The standard InChI is InChI=1S/C16H18FN5O4/c1-26-15-14(22(24)25)13(18-19-15)16(23)21-7-5-20(6-8-21)10-11-3-2-4-12(17)9-11/h2-4,9H,5-8,10H2,1H3,(H,18,19). The average Bonchev–Trinajstić information content (AvgIpc) is 3.06. The van der Waals surface area contributed by atoms with Crippen molar-refractivity contribution in [2.24, 2.45) is 0 Å². The van der Waals surface area contributed by atoms with Gasteiger partial charge in [0.1, 0.15) is 5.82 Å². The van der Waals surface area contributed by atoms with Gasteiger partial charge < -0.3 is 9.64 Å². The molecule has 3 rings (SSSR count). The lowest BCUT2D eigenvalue weighted by atomic mass is 10.2. The van der Waals surface area contributed by atoms with Crippen molar-refractivity contribution in [1.82, 2.24) is 20.0 Å². The van der Waals surface area contributed by atoms with Crippen molar-refractivity contribution in [1.29, 1.82) is 0 Å². The van der Waals surface area contributed by atoms with Crippen LogP contribution >= 0.6 is 0 Å². The predicted octanol–water partition coefficient (Wildman–Crippen LogP) is 1.42. The molecule has 1 N–H and O–H groups in total. The third-order valence-electron chi connectivity index (χ3n) is 4.25. The van der Waals surface area contributed by atoms with Gasteiger partial charge in [0.15, 0.2) is 0 Å². The summed E-state index contributed by atoms with van der Waals surface area (Å²) in [4.78, 5) is 26.7. The van der Waals surface area contributed by atoms with Crippen LogP contribution in [0.4, 0.5) is 10.1 Å². The van der Waals surface area contributed by atoms with E-state index in [1.54, 1.807) is 6.07 Å². The molecule has 138 valence electrons. The van der Waals surface area contributed by atoms with E-state index in [0.717, 1.165) is 5.56 Å². The summed E-state index contributed by atoms with van der Waals surface area (Å²) in [5, 5.41) is 17.3. The first-order valence-corrected chi connectivity index (χ1v) is 8.02. The summed E-state index contributed by atoms with van der Waals surface area (Å²) in [6, 6.07) is 6.39. The molecule has 1 fully saturated rings. The van der Waals surface area contributed by atoms with Gasteiger partial charge in [-0.1, -0.05) is 12.1 Å². The zero-order chi connectivity index (χ0) is 18.7. The molecule has 26 heavy (non-hydrogen) atoms. The lowest BCUT2D eigenvalue weighted by Crippen LogP contribution is -2.48. The number of nitro groups is 1. The largest absolute Gasteiger partial charge is 0.475 e. The fourth-order valence-corrected chi connectivity index (χ4v) is 2.94. The quantitative estimate of drug-likeness (QED) is 0.636. The molecule has 0 bridgehead atoms. The number of piperazine rings is 1. The van der Waals surface area contributed by atoms with Gasteiger partial charge in [-0.15, -0.1) is 5.10 Å². The summed E-state index contributed by atoms with van der Waals surface area (Å²) in [6.07, 6.45) is 0. The van der Waals surface area contributed by atoms with E-state index in [4.69, 9.17) is 4.74 Å². The maximum absolute atomic E-state index is 13.3. The number of halogens is 1. The van der Waals surface area contributed by atoms with Crippen molar-refractivity contribution in [2.75, 3.05) is 33.3 Å². The number of benzene rings is 1. The molecule has 0 atom stereocenters. The van der Waals surface area contributed by atoms with E-state index in [2.05, 4.69) is 15.1 Å². The molecule has 0 radical (unpaired) electrons. The third kappa shape index (κ3) is 3.64. The molecular formula is C16H18FN5O4. The van der Waals surface area contributed by atoms with Gasteiger partial charge >= 0.3 is 11.6 Å². The summed E-state index contributed by atoms with van der Waals surface area (Å²) in [5.74, 6) is -0.988. The number of nitrogens with one attached hydrogen (secondary N) is 1. The minimum absolute atomic E-state index is 0.189. The van der Waals surface area contributed by atoms with Gasteiger partial charge in [0.2, 0.25) is 5.69 Å². The number of hydrogen-bond donors (Lipinski definition) is 1. The van der Waals surface area contributed by atoms with Gasteiger partial charge in [0.05, 0.1) is 12.0 Å². The Morgan fingerprint density at radius 3 is 2.73 bits per heavy atom. The maximum Gasteiger partial charge on any atom is 0.362 e. The van der Waals surface area contributed by atoms with Crippen LogP contribution in [0.3, 0.4) is 0 Å². The first-order chi connectivity index (χ1) is 12.5. The highest BCUT2D eigenvalue weighted by atomic mass is 19.1. The van der Waals surface area contributed by atoms with Crippen LogP contribution in [-0.4, -0.2) is 64.1 Å². The lowest BCUT2D eigenvalue weighted by Gasteiger charge is -2.34. The number of ether oxygens (including phenoxy) is 1. The van der Waals surface area contributed by atoms with E-state index in [1.165, 1.54) is 24.1 Å². The topological polar surface area (TPSA) is 105 Å². The van der Waals surface area contributed by atoms with E-state index in [0.29, 0.717) is 32.7 Å². The normalized spacial score (nSPS) is 15.1. The Labute approximate surface area is 148 Å². The minimum atomic E-state index is -0.685. The highest BCUT2D eigenvalue weighted by Crippen LogP contribution is 2.28. The third-order valence-corrected chi connectivity index (χ3v) is 4.25. The van der Waals surface area contributed by atoms with Gasteiger partial charge in [-0.2, -0.15) is 0 Å². The number of methoxy groups -OCH3 is 1. The van der Waals surface area contributed by atoms with Gasteiger partial charge in [0, 0.05) is 32.7 Å². The molecule has 0 unspecified atom stereocenters. The van der Waals surface area contributed by atoms with E-state index in [-0.39, 0.29) is 17.4 Å². The Morgan fingerprint density at radius 1 is 1.38 bits per heavy atom. The molecule has 1 saturated heterocycles. The van der Waals surface area contributed by atoms with Gasteiger partial charge in [-0.3, -0.25) is 24.9 Å². The SMILES string of the molecule is COc1n[nH]c(C(=O)N2CCN(Cc3cccc(F)c3)CC2)c1[N+](=O)[O-]. The van der Waals surface area contributed by atoms with Crippen molar-refractivity contribution in [3.05, 3.63) is 51.5 Å². The van der Waals surface area contributed by atoms with Crippen LogP contribution in [0.25, 0.3) is 0 Å². The number of aromatic amines is 1. The van der Waals surface area contributed by atoms with Crippen LogP contribution in [-0.2, 0) is 6.54 Å². The summed E-state index contributed by atoms with van der Waals surface area (Å²) in [5.41, 5.74) is 0.212. The number of H-pyrrole nitrogens is 1. The Bertz CT molecular complexity index is 817. The number of carbonyl (C=O) groups excluding carboxylic acids is 1. The second-order valence-corrected chi connectivity index (χ2v) is 5.91. The minimum Gasteiger partial charge on any atom is -0.475 e. The van der Waals surface area contributed by atoms with Crippen molar-refractivity contribution >= 4 is 11.6 Å².